The van der Waals surface area contributed by atoms with Gasteiger partial charge in [-0.3, -0.25) is 67.1 Å². The summed E-state index contributed by atoms with van der Waals surface area (Å²) >= 11 is 0. The van der Waals surface area contributed by atoms with E-state index >= 15 is 0 Å². The van der Waals surface area contributed by atoms with Gasteiger partial charge in [-0.15, -0.1) is 0 Å². The number of carbonyl (C=O) groups is 14. The lowest BCUT2D eigenvalue weighted by molar-refractivity contribution is -0.149. The highest BCUT2D eigenvalue weighted by molar-refractivity contribution is 5.91. The Hall–Kier alpha value is -7.42. The van der Waals surface area contributed by atoms with Gasteiger partial charge < -0.3 is 67.5 Å². The number of nitrogens with zero attached hydrogens (tertiary/aromatic N) is 7. The molecule has 7 atom stereocenters. The number of ether oxygens (including phenoxy) is 7. The monoisotopic (exact) mass is 1690 g/mol. The van der Waals surface area contributed by atoms with E-state index in [1.165, 1.54) is 70.6 Å². The first-order valence-corrected chi connectivity index (χ1v) is 46.4. The molecule has 0 aromatic rings. The van der Waals surface area contributed by atoms with Gasteiger partial charge in [0, 0.05) is 137 Å². The van der Waals surface area contributed by atoms with Gasteiger partial charge >= 0.3 is 41.8 Å². The van der Waals surface area contributed by atoms with Crippen molar-refractivity contribution in [2.45, 2.75) is 322 Å². The van der Waals surface area contributed by atoms with Gasteiger partial charge in [0.2, 0.25) is 41.4 Å². The molecule has 7 aliphatic heterocycles. The van der Waals surface area contributed by atoms with Crippen molar-refractivity contribution >= 4 is 83.1 Å². The van der Waals surface area contributed by atoms with E-state index in [0.29, 0.717) is 144 Å². The summed E-state index contributed by atoms with van der Waals surface area (Å²) < 4.78 is 35.5. The summed E-state index contributed by atoms with van der Waals surface area (Å²) in [4.78, 5) is 175. The van der Waals surface area contributed by atoms with Crippen molar-refractivity contribution in [3.05, 3.63) is 0 Å². The number of amides is 7. The molecule has 7 unspecified atom stereocenters. The molecule has 7 aliphatic rings. The van der Waals surface area contributed by atoms with Crippen LogP contribution in [0.3, 0.4) is 0 Å². The van der Waals surface area contributed by atoms with Crippen molar-refractivity contribution < 1.29 is 100 Å². The molecule has 7 rings (SSSR count). The predicted molar refractivity (Wildman–Crippen MR) is 458 cm³/mol. The Morgan fingerprint density at radius 2 is 0.361 bits per heavy atom. The highest BCUT2D eigenvalue weighted by Crippen LogP contribution is 2.27. The van der Waals surface area contributed by atoms with Crippen molar-refractivity contribution in [1.29, 1.82) is 0 Å². The summed E-state index contributed by atoms with van der Waals surface area (Å²) in [6.45, 7) is 40.8. The maximum absolute atomic E-state index is 11.8. The zero-order valence-electron chi connectivity index (χ0n) is 76.3. The zero-order chi connectivity index (χ0) is 88.7. The molecule has 0 N–H and O–H groups in total. The van der Waals surface area contributed by atoms with Crippen LogP contribution in [0.1, 0.15) is 322 Å². The van der Waals surface area contributed by atoms with Crippen molar-refractivity contribution in [3.8, 4) is 0 Å². The van der Waals surface area contributed by atoms with Crippen molar-refractivity contribution in [1.82, 2.24) is 34.3 Å². The van der Waals surface area contributed by atoms with Gasteiger partial charge in [0.05, 0.1) is 87.7 Å². The van der Waals surface area contributed by atoms with E-state index in [0.717, 1.165) is 148 Å². The number of unbranched alkanes of at least 4 members (excludes halogenated alkanes) is 15. The quantitative estimate of drug-likeness (QED) is 0.0310. The van der Waals surface area contributed by atoms with Gasteiger partial charge in [-0.05, 0) is 90.4 Å². The van der Waals surface area contributed by atoms with Crippen molar-refractivity contribution in [2.75, 3.05) is 138 Å². The Labute approximate surface area is 715 Å². The summed E-state index contributed by atoms with van der Waals surface area (Å²) in [5.41, 5.74) is 0. The zero-order valence-corrected chi connectivity index (χ0v) is 76.3. The molecule has 0 saturated carbocycles. The maximum atomic E-state index is 11.8. The Bertz CT molecular complexity index is 2920. The van der Waals surface area contributed by atoms with Crippen LogP contribution in [0.2, 0.25) is 0 Å². The summed E-state index contributed by atoms with van der Waals surface area (Å²) in [5.74, 6) is -2.53. The SMILES string of the molecule is CCCCCCCCN1CC(C(=O)OCCC)CC1=O.CCCCCCCN1CC(C(=O)OCCC)CC1=O.CCCCCCN1CC(C(=O)OCCC)CC1=O.CCCCCN1CC(C(=O)OCCC)CC1=O.CCCCN1CC(C(=O)OCCC)CC1=O.CCCOC(=O)C1CC(=O)N(CC)C1.CCCOC(=O)C1CC(=O)N(CCC)C1. The van der Waals surface area contributed by atoms with Gasteiger partial charge in [0.15, 0.2) is 0 Å². The largest absolute Gasteiger partial charge is 0.465 e. The molecule has 28 nitrogen and oxygen atoms in total. The van der Waals surface area contributed by atoms with E-state index in [1.807, 2.05) is 77.0 Å². The van der Waals surface area contributed by atoms with Gasteiger partial charge in [0.25, 0.3) is 0 Å². The van der Waals surface area contributed by atoms with Crippen molar-refractivity contribution in [2.24, 2.45) is 41.4 Å². The lowest BCUT2D eigenvalue weighted by atomic mass is 10.1. The number of hydrogen-bond donors (Lipinski definition) is 0. The summed E-state index contributed by atoms with van der Waals surface area (Å²) in [6.07, 6.45) is 32.2. The molecular formula is C91H161N7O21. The molecule has 0 aromatic heterocycles. The summed E-state index contributed by atoms with van der Waals surface area (Å²) in [6, 6.07) is 0. The molecule has 686 valence electrons. The molecular weight excluding hydrogens is 1530 g/mol. The molecule has 0 aliphatic carbocycles. The molecule has 119 heavy (non-hydrogen) atoms. The van der Waals surface area contributed by atoms with Crippen LogP contribution < -0.4 is 0 Å². The molecule has 7 amide bonds. The second-order valence-electron chi connectivity index (χ2n) is 32.3. The first-order valence-electron chi connectivity index (χ1n) is 46.4. The van der Waals surface area contributed by atoms with Crippen LogP contribution in [0.25, 0.3) is 0 Å². The van der Waals surface area contributed by atoms with E-state index in [2.05, 4.69) is 34.6 Å². The number of carbonyl (C=O) groups excluding carboxylic acids is 14. The van der Waals surface area contributed by atoms with E-state index in [4.69, 9.17) is 33.2 Å². The number of esters is 7. The highest BCUT2D eigenvalue weighted by atomic mass is 16.6. The fourth-order valence-corrected chi connectivity index (χ4v) is 14.2. The van der Waals surface area contributed by atoms with Crippen LogP contribution in [0.5, 0.6) is 0 Å². The third-order valence-electron chi connectivity index (χ3n) is 21.3. The normalized spacial score (nSPS) is 19.8. The Morgan fingerprint density at radius 1 is 0.202 bits per heavy atom. The van der Waals surface area contributed by atoms with Crippen molar-refractivity contribution in [3.63, 3.8) is 0 Å². The predicted octanol–water partition coefficient (Wildman–Crippen LogP) is 13.8. The molecule has 7 fully saturated rings. The number of rotatable bonds is 49. The Balaban J connectivity index is 0.000000696. The lowest BCUT2D eigenvalue weighted by Crippen LogP contribution is -2.27. The Kier molecular flexibility index (Phi) is 62.8. The molecule has 0 aromatic carbocycles. The highest BCUT2D eigenvalue weighted by Gasteiger charge is 2.41. The fourth-order valence-electron chi connectivity index (χ4n) is 14.2. The number of hydrogen-bond acceptors (Lipinski definition) is 21. The lowest BCUT2D eigenvalue weighted by Gasteiger charge is -2.16. The molecule has 0 spiro atoms. The maximum Gasteiger partial charge on any atom is 0.311 e. The second-order valence-corrected chi connectivity index (χ2v) is 32.3. The molecule has 0 radical (unpaired) electrons. The second kappa shape index (κ2) is 68.2. The third kappa shape index (κ3) is 46.4. The van der Waals surface area contributed by atoms with E-state index in [-0.39, 0.29) is 125 Å². The van der Waals surface area contributed by atoms with Crippen LogP contribution in [0.4, 0.5) is 0 Å². The standard InChI is InChI=1S/C16H29NO3.C15H27NO3.C14H25NO3.C13H23NO3.C12H21NO3.C11H19NO3.C10H17NO3/c1-3-5-6-7-8-9-10-17-13-14(12-15(17)18)16(19)20-11-4-2;1-3-5-6-7-8-9-16-12-13(11-14(16)17)15(18)19-10-4-2;1-3-5-6-7-8-15-11-12(10-13(15)16)14(17)18-9-4-2;1-3-5-6-7-14-10-11(9-12(14)15)13(16)17-8-4-2;1-3-5-6-13-9-10(8-11(13)14)12(15)16-7-4-2;1-3-5-12-8-9(7-10(12)13)11(14)15-6-4-2;1-3-5-14-10(13)8-6-9(12)11(4-2)7-8/h14H,3-13H2,1-2H3;13H,3-12H2,1-2H3;12H,3-11H2,1-2H3;11H,3-10H2,1-2H3;10H,3-9H2,1-2H3;9H,3-8H2,1-2H3;8H,3-7H2,1-2H3. The smallest absolute Gasteiger partial charge is 0.311 e. The van der Waals surface area contributed by atoms with Crippen LogP contribution in [0, 0.1) is 41.4 Å². The average molecular weight is 1690 g/mol. The molecule has 7 saturated heterocycles. The van der Waals surface area contributed by atoms with Crippen LogP contribution in [-0.2, 0) is 100 Å². The minimum atomic E-state index is -0.242. The van der Waals surface area contributed by atoms with Gasteiger partial charge in [-0.25, -0.2) is 0 Å². The van der Waals surface area contributed by atoms with E-state index in [9.17, 15) is 67.1 Å². The van der Waals surface area contributed by atoms with Crippen LogP contribution in [-0.4, -0.2) is 255 Å². The van der Waals surface area contributed by atoms with E-state index in [1.54, 1.807) is 19.6 Å². The first kappa shape index (κ1) is 110. The average Bonchev–Trinajstić information content (AvgIpc) is 1.78. The van der Waals surface area contributed by atoms with E-state index < -0.39 is 0 Å². The van der Waals surface area contributed by atoms with Gasteiger partial charge in [0.1, 0.15) is 0 Å². The summed E-state index contributed by atoms with van der Waals surface area (Å²) in [5, 5.41) is 0. The number of likely N-dealkylation sites (tertiary alicyclic amines) is 7. The fraction of sp³-hybridized carbons (Fsp3) is 0.846. The molecule has 28 heteroatoms. The first-order chi connectivity index (χ1) is 57.3. The minimum Gasteiger partial charge on any atom is -0.465 e. The van der Waals surface area contributed by atoms with Gasteiger partial charge in [-0.1, -0.05) is 186 Å². The Morgan fingerprint density at radius 3 is 0.555 bits per heavy atom. The van der Waals surface area contributed by atoms with Gasteiger partial charge in [-0.2, -0.15) is 0 Å². The molecule has 0 bridgehead atoms. The minimum absolute atomic E-state index is 0.0611. The molecule has 7 heterocycles. The van der Waals surface area contributed by atoms with Crippen LogP contribution in [0.15, 0.2) is 0 Å². The third-order valence-corrected chi connectivity index (χ3v) is 21.3. The summed E-state index contributed by atoms with van der Waals surface area (Å²) in [7, 11) is 0. The van der Waals surface area contributed by atoms with Crippen LogP contribution >= 0.6 is 0 Å². The topological polar surface area (TPSA) is 326 Å².